The second-order valence-electron chi connectivity index (χ2n) is 9.72. The number of rotatable bonds is 4. The molecule has 0 atom stereocenters. The van der Waals surface area contributed by atoms with Crippen LogP contribution in [0.5, 0.6) is 0 Å². The number of hydrogen-bond acceptors (Lipinski definition) is 5. The van der Waals surface area contributed by atoms with Crippen LogP contribution in [0.1, 0.15) is 38.2 Å². The molecule has 0 unspecified atom stereocenters. The number of nitrogens with one attached hydrogen (secondary N) is 1. The molecule has 3 heterocycles. The van der Waals surface area contributed by atoms with Crippen LogP contribution < -0.4 is 5.32 Å². The molecule has 1 N–H and O–H groups in total. The van der Waals surface area contributed by atoms with Crippen LogP contribution in [0.4, 0.5) is 18.9 Å². The molecule has 1 fully saturated rings. The van der Waals surface area contributed by atoms with Crippen molar-refractivity contribution in [1.29, 1.82) is 0 Å². The van der Waals surface area contributed by atoms with E-state index in [1.165, 1.54) is 12.1 Å². The van der Waals surface area contributed by atoms with E-state index in [0.29, 0.717) is 24.2 Å². The minimum atomic E-state index is -4.53. The van der Waals surface area contributed by atoms with Gasteiger partial charge in [0.05, 0.1) is 5.56 Å². The highest BCUT2D eigenvalue weighted by molar-refractivity contribution is 7.16. The Bertz CT molecular complexity index is 1580. The van der Waals surface area contributed by atoms with Crippen molar-refractivity contribution in [2.75, 3.05) is 38.5 Å². The Morgan fingerprint density at radius 2 is 1.85 bits per heavy atom. The number of carbonyl (C=O) groups is 1. The standard InChI is InChI=1S/C30H27F3N4OS/c1-20-3-5-23(16-22(20)6-4-21-15-24-9-14-39-29(24)34-18-21)28(38)35-26-8-7-25(27(17-26)30(31,32)33)19-37-12-10-36(2)11-13-37/h3,5,7-9,14-18H,10-13,19H2,1-2H3,(H,35,38). The summed E-state index contributed by atoms with van der Waals surface area (Å²) in [6.07, 6.45) is -2.82. The number of carbonyl (C=O) groups excluding carboxylic acids is 1. The first-order valence-electron chi connectivity index (χ1n) is 12.5. The average Bonchev–Trinajstić information content (AvgIpc) is 3.38. The molecule has 1 saturated heterocycles. The summed E-state index contributed by atoms with van der Waals surface area (Å²) in [5.41, 5.74) is 2.18. The van der Waals surface area contributed by atoms with E-state index >= 15 is 0 Å². The van der Waals surface area contributed by atoms with E-state index < -0.39 is 17.6 Å². The number of benzene rings is 2. The topological polar surface area (TPSA) is 48.5 Å². The van der Waals surface area contributed by atoms with Gasteiger partial charge in [0.2, 0.25) is 0 Å². The maximum absolute atomic E-state index is 13.9. The first-order chi connectivity index (χ1) is 18.7. The van der Waals surface area contributed by atoms with Crippen LogP contribution in [-0.2, 0) is 12.7 Å². The van der Waals surface area contributed by atoms with E-state index in [2.05, 4.69) is 27.0 Å². The van der Waals surface area contributed by atoms with E-state index in [0.717, 1.165) is 40.5 Å². The number of nitrogens with zero attached hydrogens (tertiary/aromatic N) is 3. The van der Waals surface area contributed by atoms with Crippen molar-refractivity contribution in [3.05, 3.63) is 93.5 Å². The first kappa shape index (κ1) is 26.9. The minimum Gasteiger partial charge on any atom is -0.322 e. The molecule has 9 heteroatoms. The summed E-state index contributed by atoms with van der Waals surface area (Å²) in [5, 5.41) is 5.62. The van der Waals surface area contributed by atoms with Gasteiger partial charge in [-0.2, -0.15) is 13.2 Å². The largest absolute Gasteiger partial charge is 0.416 e. The van der Waals surface area contributed by atoms with Gasteiger partial charge in [-0.3, -0.25) is 9.69 Å². The molecule has 2 aromatic heterocycles. The zero-order valence-corrected chi connectivity index (χ0v) is 22.4. The van der Waals surface area contributed by atoms with Crippen LogP contribution >= 0.6 is 11.3 Å². The average molecular weight is 549 g/mol. The molecular weight excluding hydrogens is 521 g/mol. The van der Waals surface area contributed by atoms with Gasteiger partial charge in [0.25, 0.3) is 5.91 Å². The van der Waals surface area contributed by atoms with E-state index in [4.69, 9.17) is 0 Å². The Labute approximate surface area is 229 Å². The fourth-order valence-electron chi connectivity index (χ4n) is 4.47. The molecule has 0 radical (unpaired) electrons. The predicted octanol–water partition coefficient (Wildman–Crippen LogP) is 6.02. The van der Waals surface area contributed by atoms with Crippen LogP contribution in [0.25, 0.3) is 10.2 Å². The number of likely N-dealkylation sites (N-methyl/N-ethyl adjacent to an activating group) is 1. The fraction of sp³-hybridized carbons (Fsp3) is 0.267. The highest BCUT2D eigenvalue weighted by Crippen LogP contribution is 2.34. The van der Waals surface area contributed by atoms with E-state index in [9.17, 15) is 18.0 Å². The smallest absolute Gasteiger partial charge is 0.322 e. The molecule has 200 valence electrons. The molecule has 5 rings (SSSR count). The molecule has 1 aliphatic rings. The lowest BCUT2D eigenvalue weighted by molar-refractivity contribution is -0.138. The van der Waals surface area contributed by atoms with Crippen molar-refractivity contribution in [3.8, 4) is 11.8 Å². The van der Waals surface area contributed by atoms with Crippen molar-refractivity contribution >= 4 is 33.1 Å². The van der Waals surface area contributed by atoms with Gasteiger partial charge in [-0.1, -0.05) is 24.0 Å². The van der Waals surface area contributed by atoms with Crippen LogP contribution in [0, 0.1) is 18.8 Å². The van der Waals surface area contributed by atoms with Gasteiger partial charge in [0.15, 0.2) is 0 Å². The third-order valence-electron chi connectivity index (χ3n) is 6.81. The maximum atomic E-state index is 13.9. The normalized spacial score (nSPS) is 14.7. The van der Waals surface area contributed by atoms with Gasteiger partial charge < -0.3 is 10.2 Å². The van der Waals surface area contributed by atoms with Crippen LogP contribution in [0.2, 0.25) is 0 Å². The molecule has 39 heavy (non-hydrogen) atoms. The van der Waals surface area contributed by atoms with E-state index in [1.807, 2.05) is 36.4 Å². The van der Waals surface area contributed by atoms with Crippen molar-refractivity contribution in [1.82, 2.24) is 14.8 Å². The third kappa shape index (κ3) is 6.48. The molecule has 1 aliphatic heterocycles. The third-order valence-corrected chi connectivity index (χ3v) is 7.65. The van der Waals surface area contributed by atoms with Gasteiger partial charge in [-0.25, -0.2) is 4.98 Å². The number of halogens is 3. The van der Waals surface area contributed by atoms with Crippen LogP contribution in [0.15, 0.2) is 60.1 Å². The first-order valence-corrected chi connectivity index (χ1v) is 13.4. The summed E-state index contributed by atoms with van der Waals surface area (Å²) in [5.74, 6) is 5.69. The molecule has 4 aromatic rings. The minimum absolute atomic E-state index is 0.0952. The molecular formula is C30H27F3N4OS. The Kier molecular flexibility index (Phi) is 7.71. The summed E-state index contributed by atoms with van der Waals surface area (Å²) >= 11 is 1.56. The molecule has 0 spiro atoms. The van der Waals surface area contributed by atoms with E-state index in [-0.39, 0.29) is 17.8 Å². The number of fused-ring (bicyclic) bond motifs is 1. The number of aryl methyl sites for hydroxylation is 1. The van der Waals surface area contributed by atoms with Gasteiger partial charge in [0.1, 0.15) is 4.83 Å². The number of amides is 1. The van der Waals surface area contributed by atoms with Crippen molar-refractivity contribution in [3.63, 3.8) is 0 Å². The number of piperazine rings is 1. The molecule has 1 amide bonds. The predicted molar refractivity (Wildman–Crippen MR) is 149 cm³/mol. The SMILES string of the molecule is Cc1ccc(C(=O)Nc2ccc(CN3CCN(C)CC3)c(C(F)(F)F)c2)cc1C#Cc1cnc2sccc2c1. The Hall–Kier alpha value is -3.71. The van der Waals surface area contributed by atoms with Gasteiger partial charge in [0, 0.05) is 66.7 Å². The van der Waals surface area contributed by atoms with E-state index in [1.54, 1.807) is 35.7 Å². The zero-order chi connectivity index (χ0) is 27.6. The van der Waals surface area contributed by atoms with Gasteiger partial charge in [-0.15, -0.1) is 11.3 Å². The highest BCUT2D eigenvalue weighted by Gasteiger charge is 2.34. The van der Waals surface area contributed by atoms with Crippen molar-refractivity contribution < 1.29 is 18.0 Å². The van der Waals surface area contributed by atoms with Gasteiger partial charge in [-0.05, 0) is 66.9 Å². The second-order valence-corrected chi connectivity index (χ2v) is 10.6. The molecule has 0 aliphatic carbocycles. The highest BCUT2D eigenvalue weighted by atomic mass is 32.1. The molecule has 0 saturated carbocycles. The molecule has 5 nitrogen and oxygen atoms in total. The van der Waals surface area contributed by atoms with Crippen LogP contribution in [-0.4, -0.2) is 53.9 Å². The van der Waals surface area contributed by atoms with Gasteiger partial charge >= 0.3 is 6.18 Å². The summed E-state index contributed by atoms with van der Waals surface area (Å²) in [7, 11) is 2.00. The zero-order valence-electron chi connectivity index (χ0n) is 21.6. The van der Waals surface area contributed by atoms with Crippen molar-refractivity contribution in [2.24, 2.45) is 0 Å². The monoisotopic (exact) mass is 548 g/mol. The lowest BCUT2D eigenvalue weighted by atomic mass is 10.0. The second kappa shape index (κ2) is 11.2. The summed E-state index contributed by atoms with van der Waals surface area (Å²) in [6, 6.07) is 13.0. The Balaban J connectivity index is 1.34. The molecule has 0 bridgehead atoms. The number of hydrogen-bond donors (Lipinski definition) is 1. The lowest BCUT2D eigenvalue weighted by Gasteiger charge is -2.33. The Morgan fingerprint density at radius 3 is 2.62 bits per heavy atom. The fourth-order valence-corrected chi connectivity index (χ4v) is 5.19. The molecule has 2 aromatic carbocycles. The quantitative estimate of drug-likeness (QED) is 0.317. The number of thiophene rings is 1. The summed E-state index contributed by atoms with van der Waals surface area (Å²) < 4.78 is 41.8. The number of aromatic nitrogens is 1. The Morgan fingerprint density at radius 1 is 1.05 bits per heavy atom. The number of pyridine rings is 1. The number of anilines is 1. The maximum Gasteiger partial charge on any atom is 0.416 e. The summed E-state index contributed by atoms with van der Waals surface area (Å²) in [4.78, 5) is 22.5. The lowest BCUT2D eigenvalue weighted by Crippen LogP contribution is -2.44. The number of alkyl halides is 3. The van der Waals surface area contributed by atoms with Crippen molar-refractivity contribution in [2.45, 2.75) is 19.6 Å². The van der Waals surface area contributed by atoms with Crippen LogP contribution in [0.3, 0.4) is 0 Å². The summed E-state index contributed by atoms with van der Waals surface area (Å²) in [6.45, 7) is 5.17.